The van der Waals surface area contributed by atoms with Crippen LogP contribution in [0.4, 0.5) is 4.39 Å². The lowest BCUT2D eigenvalue weighted by atomic mass is 10.0. The number of unbranched alkanes of at least 4 members (excludes halogenated alkanes) is 9. The Balaban J connectivity index is 2.28. The molecule has 0 spiro atoms. The van der Waals surface area contributed by atoms with Gasteiger partial charge in [-0.25, -0.2) is 9.18 Å². The Bertz CT molecular complexity index is 618. The van der Waals surface area contributed by atoms with Gasteiger partial charge in [-0.3, -0.25) is 4.79 Å². The van der Waals surface area contributed by atoms with Crippen LogP contribution in [0.1, 0.15) is 102 Å². The Labute approximate surface area is 182 Å². The first kappa shape index (κ1) is 26.1. The zero-order chi connectivity index (χ0) is 22.2. The van der Waals surface area contributed by atoms with Crippen LogP contribution in [0.3, 0.4) is 0 Å². The van der Waals surface area contributed by atoms with E-state index in [1.807, 2.05) is 13.8 Å². The highest BCUT2D eigenvalue weighted by molar-refractivity contribution is 5.96. The third kappa shape index (κ3) is 11.9. The van der Waals surface area contributed by atoms with Gasteiger partial charge in [-0.2, -0.15) is 0 Å². The largest absolute Gasteiger partial charge is 0.464 e. The highest BCUT2D eigenvalue weighted by Crippen LogP contribution is 2.12. The molecule has 0 heterocycles. The highest BCUT2D eigenvalue weighted by atomic mass is 19.1. The fraction of sp³-hybridized carbons (Fsp3) is 0.680. The number of nitrogens with one attached hydrogen (secondary N) is 1. The number of benzene rings is 1. The Morgan fingerprint density at radius 3 is 2.13 bits per heavy atom. The zero-order valence-corrected chi connectivity index (χ0v) is 19.1. The maximum absolute atomic E-state index is 13.3. The summed E-state index contributed by atoms with van der Waals surface area (Å²) >= 11 is 0. The Kier molecular flexibility index (Phi) is 13.8. The second-order valence-electron chi connectivity index (χ2n) is 8.52. The quantitative estimate of drug-likeness (QED) is 0.247. The molecule has 0 bridgehead atoms. The molecule has 4 nitrogen and oxygen atoms in total. The van der Waals surface area contributed by atoms with E-state index < -0.39 is 23.7 Å². The first-order valence-electron chi connectivity index (χ1n) is 11.7. The van der Waals surface area contributed by atoms with E-state index in [-0.39, 0.29) is 11.5 Å². The first-order valence-corrected chi connectivity index (χ1v) is 11.7. The van der Waals surface area contributed by atoms with E-state index in [4.69, 9.17) is 4.74 Å². The number of esters is 1. The van der Waals surface area contributed by atoms with Crippen molar-refractivity contribution in [1.29, 1.82) is 0 Å². The van der Waals surface area contributed by atoms with Gasteiger partial charge in [0, 0.05) is 5.56 Å². The van der Waals surface area contributed by atoms with Crippen molar-refractivity contribution in [3.05, 3.63) is 35.6 Å². The minimum absolute atomic E-state index is 0.200. The molecule has 0 aliphatic carbocycles. The van der Waals surface area contributed by atoms with Crippen LogP contribution in [0, 0.1) is 11.7 Å². The molecule has 0 fully saturated rings. The second-order valence-corrected chi connectivity index (χ2v) is 8.52. The number of ether oxygens (including phenoxy) is 1. The molecule has 1 aromatic carbocycles. The Morgan fingerprint density at radius 1 is 0.967 bits per heavy atom. The summed E-state index contributed by atoms with van der Waals surface area (Å²) in [4.78, 5) is 24.8. The minimum Gasteiger partial charge on any atom is -0.464 e. The average Bonchev–Trinajstić information content (AvgIpc) is 2.71. The van der Waals surface area contributed by atoms with Crippen LogP contribution in [-0.2, 0) is 9.53 Å². The van der Waals surface area contributed by atoms with E-state index in [0.29, 0.717) is 13.0 Å². The van der Waals surface area contributed by atoms with Gasteiger partial charge in [0.2, 0.25) is 0 Å². The highest BCUT2D eigenvalue weighted by Gasteiger charge is 2.24. The number of carbonyl (C=O) groups excluding carboxylic acids is 2. The van der Waals surface area contributed by atoms with Crippen molar-refractivity contribution in [2.24, 2.45) is 5.92 Å². The number of hydrogen-bond donors (Lipinski definition) is 1. The normalized spacial score (nSPS) is 12.0. The number of carbonyl (C=O) groups is 2. The second kappa shape index (κ2) is 15.9. The van der Waals surface area contributed by atoms with Crippen molar-refractivity contribution in [2.75, 3.05) is 6.61 Å². The van der Waals surface area contributed by atoms with Crippen LogP contribution in [-0.4, -0.2) is 24.5 Å². The molecule has 1 aromatic rings. The summed E-state index contributed by atoms with van der Waals surface area (Å²) in [5.41, 5.74) is 0.200. The van der Waals surface area contributed by atoms with E-state index in [2.05, 4.69) is 12.2 Å². The number of amides is 1. The molecule has 1 rings (SSSR count). The standard InChI is InChI=1S/C25H40FNO3/c1-4-5-6-7-8-9-10-11-12-13-17-30-25(29)23(18-20(2)3)27-24(28)21-15-14-16-22(26)19-21/h14-16,19-20,23H,4-13,17-18H2,1-3H3,(H,27,28). The van der Waals surface area contributed by atoms with E-state index in [9.17, 15) is 14.0 Å². The van der Waals surface area contributed by atoms with Gasteiger partial charge in [-0.05, 0) is 37.0 Å². The summed E-state index contributed by atoms with van der Waals surface area (Å²) in [7, 11) is 0. The molecule has 30 heavy (non-hydrogen) atoms. The molecule has 170 valence electrons. The molecule has 0 aliphatic heterocycles. The van der Waals surface area contributed by atoms with Crippen molar-refractivity contribution in [3.8, 4) is 0 Å². The van der Waals surface area contributed by atoms with E-state index in [1.54, 1.807) is 0 Å². The summed E-state index contributed by atoms with van der Waals surface area (Å²) in [5, 5.41) is 2.70. The predicted molar refractivity (Wildman–Crippen MR) is 120 cm³/mol. The van der Waals surface area contributed by atoms with E-state index in [0.717, 1.165) is 25.3 Å². The molecular formula is C25H40FNO3. The van der Waals surface area contributed by atoms with Gasteiger partial charge in [-0.15, -0.1) is 0 Å². The van der Waals surface area contributed by atoms with Gasteiger partial charge >= 0.3 is 5.97 Å². The molecule has 0 aromatic heterocycles. The molecule has 1 N–H and O–H groups in total. The SMILES string of the molecule is CCCCCCCCCCCCOC(=O)C(CC(C)C)NC(=O)c1cccc(F)c1. The van der Waals surface area contributed by atoms with Gasteiger partial charge in [0.15, 0.2) is 0 Å². The lowest BCUT2D eigenvalue weighted by molar-refractivity contribution is -0.146. The van der Waals surface area contributed by atoms with Crippen molar-refractivity contribution in [2.45, 2.75) is 97.4 Å². The summed E-state index contributed by atoms with van der Waals surface area (Å²) < 4.78 is 18.8. The van der Waals surface area contributed by atoms with Gasteiger partial charge in [0.1, 0.15) is 11.9 Å². The first-order chi connectivity index (χ1) is 14.4. The van der Waals surface area contributed by atoms with Crippen molar-refractivity contribution >= 4 is 11.9 Å². The van der Waals surface area contributed by atoms with Crippen LogP contribution in [0.5, 0.6) is 0 Å². The van der Waals surface area contributed by atoms with Gasteiger partial charge in [0.05, 0.1) is 6.61 Å². The monoisotopic (exact) mass is 421 g/mol. The van der Waals surface area contributed by atoms with Crippen LogP contribution in [0.2, 0.25) is 0 Å². The van der Waals surface area contributed by atoms with Crippen molar-refractivity contribution in [1.82, 2.24) is 5.32 Å². The zero-order valence-electron chi connectivity index (χ0n) is 19.1. The number of halogens is 1. The molecule has 1 unspecified atom stereocenters. The van der Waals surface area contributed by atoms with Crippen molar-refractivity contribution < 1.29 is 18.7 Å². The average molecular weight is 422 g/mol. The molecule has 1 atom stereocenters. The molecule has 0 saturated heterocycles. The molecule has 1 amide bonds. The summed E-state index contributed by atoms with van der Waals surface area (Å²) in [6, 6.07) is 4.73. The molecule has 0 saturated carbocycles. The molecule has 0 aliphatic rings. The topological polar surface area (TPSA) is 55.4 Å². The molecular weight excluding hydrogens is 381 g/mol. The van der Waals surface area contributed by atoms with Gasteiger partial charge in [-0.1, -0.05) is 84.6 Å². The fourth-order valence-electron chi connectivity index (χ4n) is 3.42. The molecule has 0 radical (unpaired) electrons. The van der Waals surface area contributed by atoms with Gasteiger partial charge in [0.25, 0.3) is 5.91 Å². The Hall–Kier alpha value is -1.91. The van der Waals surface area contributed by atoms with Crippen LogP contribution in [0.15, 0.2) is 24.3 Å². The number of hydrogen-bond acceptors (Lipinski definition) is 3. The minimum atomic E-state index is -0.719. The van der Waals surface area contributed by atoms with Gasteiger partial charge < -0.3 is 10.1 Å². The fourth-order valence-corrected chi connectivity index (χ4v) is 3.42. The maximum Gasteiger partial charge on any atom is 0.328 e. The van der Waals surface area contributed by atoms with Crippen LogP contribution >= 0.6 is 0 Å². The van der Waals surface area contributed by atoms with E-state index in [1.165, 1.54) is 63.1 Å². The summed E-state index contributed by atoms with van der Waals surface area (Å²) in [6.07, 6.45) is 12.7. The third-order valence-corrected chi connectivity index (χ3v) is 5.13. The lowest BCUT2D eigenvalue weighted by Crippen LogP contribution is -2.42. The summed E-state index contributed by atoms with van der Waals surface area (Å²) in [6.45, 7) is 6.57. The maximum atomic E-state index is 13.3. The summed E-state index contributed by atoms with van der Waals surface area (Å²) in [5.74, 6) is -1.14. The molecule has 5 heteroatoms. The Morgan fingerprint density at radius 2 is 1.57 bits per heavy atom. The van der Waals surface area contributed by atoms with Crippen molar-refractivity contribution in [3.63, 3.8) is 0 Å². The third-order valence-electron chi connectivity index (χ3n) is 5.13. The van der Waals surface area contributed by atoms with Crippen LogP contribution in [0.25, 0.3) is 0 Å². The smallest absolute Gasteiger partial charge is 0.328 e. The van der Waals surface area contributed by atoms with Crippen LogP contribution < -0.4 is 5.32 Å². The lowest BCUT2D eigenvalue weighted by Gasteiger charge is -2.19. The number of rotatable bonds is 16. The predicted octanol–water partition coefficient (Wildman–Crippen LogP) is 6.43. The van der Waals surface area contributed by atoms with E-state index >= 15 is 0 Å².